The number of carbonyl (C=O) groups excluding carboxylic acids is 1. The predicted octanol–water partition coefficient (Wildman–Crippen LogP) is 4.09. The zero-order valence-electron chi connectivity index (χ0n) is 14.3. The van der Waals surface area contributed by atoms with Crippen molar-refractivity contribution in [3.63, 3.8) is 0 Å². The van der Waals surface area contributed by atoms with Crippen LogP contribution in [0, 0.1) is 6.92 Å². The van der Waals surface area contributed by atoms with Crippen molar-refractivity contribution in [1.82, 2.24) is 5.32 Å². The van der Waals surface area contributed by atoms with Gasteiger partial charge in [0.1, 0.15) is 0 Å². The van der Waals surface area contributed by atoms with E-state index in [1.54, 1.807) is 0 Å². The Hall–Kier alpha value is -2.13. The van der Waals surface area contributed by atoms with Gasteiger partial charge in [0.2, 0.25) is 5.91 Å². The standard InChI is InChI=1S/C20H26N2O/c1-4-22(19-12-8-9-16(2)15-19)20(23)13-14-21-17(3)18-10-6-5-7-11-18/h5-12,15,17,21H,4,13-14H2,1-3H3. The molecule has 1 unspecified atom stereocenters. The van der Waals surface area contributed by atoms with Crippen molar-refractivity contribution in [3.8, 4) is 0 Å². The summed E-state index contributed by atoms with van der Waals surface area (Å²) >= 11 is 0. The second-order valence-electron chi connectivity index (χ2n) is 5.81. The molecule has 0 aliphatic heterocycles. The minimum atomic E-state index is 0.158. The number of hydrogen-bond acceptors (Lipinski definition) is 2. The van der Waals surface area contributed by atoms with Gasteiger partial charge < -0.3 is 10.2 Å². The van der Waals surface area contributed by atoms with E-state index in [1.165, 1.54) is 11.1 Å². The van der Waals surface area contributed by atoms with Crippen molar-refractivity contribution in [2.24, 2.45) is 0 Å². The molecule has 0 aliphatic rings. The van der Waals surface area contributed by atoms with Gasteiger partial charge in [0.15, 0.2) is 0 Å². The number of rotatable bonds is 7. The minimum absolute atomic E-state index is 0.158. The number of carbonyl (C=O) groups is 1. The summed E-state index contributed by atoms with van der Waals surface area (Å²) in [5.41, 5.74) is 3.39. The fourth-order valence-electron chi connectivity index (χ4n) is 2.69. The molecule has 122 valence electrons. The molecule has 0 saturated carbocycles. The van der Waals surface area contributed by atoms with Crippen molar-refractivity contribution in [3.05, 3.63) is 65.7 Å². The highest BCUT2D eigenvalue weighted by Gasteiger charge is 2.14. The SMILES string of the molecule is CCN(C(=O)CCNC(C)c1ccccc1)c1cccc(C)c1. The molecule has 2 aromatic carbocycles. The maximum Gasteiger partial charge on any atom is 0.228 e. The smallest absolute Gasteiger partial charge is 0.228 e. The number of aryl methyl sites for hydroxylation is 1. The lowest BCUT2D eigenvalue weighted by Crippen LogP contribution is -2.33. The van der Waals surface area contributed by atoms with Gasteiger partial charge in [-0.05, 0) is 44.0 Å². The summed E-state index contributed by atoms with van der Waals surface area (Å²) in [5, 5.41) is 3.42. The van der Waals surface area contributed by atoms with Crippen LogP contribution in [0.3, 0.4) is 0 Å². The molecule has 1 amide bonds. The summed E-state index contributed by atoms with van der Waals surface area (Å²) in [7, 11) is 0. The third kappa shape index (κ3) is 4.93. The number of hydrogen-bond donors (Lipinski definition) is 1. The molecule has 0 spiro atoms. The summed E-state index contributed by atoms with van der Waals surface area (Å²) in [6.07, 6.45) is 0.499. The van der Waals surface area contributed by atoms with Gasteiger partial charge in [0.25, 0.3) is 0 Å². The highest BCUT2D eigenvalue weighted by atomic mass is 16.2. The van der Waals surface area contributed by atoms with E-state index in [4.69, 9.17) is 0 Å². The Bertz CT molecular complexity index is 625. The fraction of sp³-hybridized carbons (Fsp3) is 0.350. The second kappa shape index (κ2) is 8.49. The quantitative estimate of drug-likeness (QED) is 0.835. The highest BCUT2D eigenvalue weighted by Crippen LogP contribution is 2.17. The van der Waals surface area contributed by atoms with Gasteiger partial charge >= 0.3 is 0 Å². The lowest BCUT2D eigenvalue weighted by Gasteiger charge is -2.22. The molecule has 0 fully saturated rings. The Morgan fingerprint density at radius 2 is 1.87 bits per heavy atom. The van der Waals surface area contributed by atoms with Crippen molar-refractivity contribution in [2.75, 3.05) is 18.0 Å². The maximum absolute atomic E-state index is 12.5. The second-order valence-corrected chi connectivity index (χ2v) is 5.81. The lowest BCUT2D eigenvalue weighted by molar-refractivity contribution is -0.118. The van der Waals surface area contributed by atoms with Crippen LogP contribution in [0.25, 0.3) is 0 Å². The third-order valence-corrected chi connectivity index (χ3v) is 4.02. The first-order chi connectivity index (χ1) is 11.1. The number of nitrogens with one attached hydrogen (secondary N) is 1. The van der Waals surface area contributed by atoms with Gasteiger partial charge in [-0.3, -0.25) is 4.79 Å². The number of benzene rings is 2. The zero-order chi connectivity index (χ0) is 16.7. The largest absolute Gasteiger partial charge is 0.313 e. The number of nitrogens with zero attached hydrogens (tertiary/aromatic N) is 1. The van der Waals surface area contributed by atoms with Crippen LogP contribution in [0.1, 0.15) is 37.4 Å². The van der Waals surface area contributed by atoms with Crippen LogP contribution in [0.2, 0.25) is 0 Å². The summed E-state index contributed by atoms with van der Waals surface area (Å²) in [6, 6.07) is 18.6. The van der Waals surface area contributed by atoms with Gasteiger partial charge in [0.05, 0.1) is 0 Å². The third-order valence-electron chi connectivity index (χ3n) is 4.02. The van der Waals surface area contributed by atoms with Crippen LogP contribution < -0.4 is 10.2 Å². The summed E-state index contributed by atoms with van der Waals surface area (Å²) in [4.78, 5) is 14.3. The predicted molar refractivity (Wildman–Crippen MR) is 96.7 cm³/mol. The van der Waals surface area contributed by atoms with Crippen molar-refractivity contribution < 1.29 is 4.79 Å². The van der Waals surface area contributed by atoms with Crippen molar-refractivity contribution in [1.29, 1.82) is 0 Å². The fourth-order valence-corrected chi connectivity index (χ4v) is 2.69. The molecule has 0 saturated heterocycles. The molecule has 2 aromatic rings. The van der Waals surface area contributed by atoms with Crippen LogP contribution in [0.5, 0.6) is 0 Å². The Labute approximate surface area is 139 Å². The zero-order valence-corrected chi connectivity index (χ0v) is 14.3. The van der Waals surface area contributed by atoms with E-state index in [0.29, 0.717) is 19.5 Å². The topological polar surface area (TPSA) is 32.3 Å². The first-order valence-corrected chi connectivity index (χ1v) is 8.27. The Morgan fingerprint density at radius 3 is 2.52 bits per heavy atom. The molecule has 23 heavy (non-hydrogen) atoms. The molecule has 2 rings (SSSR count). The first kappa shape index (κ1) is 17.2. The van der Waals surface area contributed by atoms with Gasteiger partial charge in [0, 0.05) is 31.2 Å². The highest BCUT2D eigenvalue weighted by molar-refractivity contribution is 5.93. The average molecular weight is 310 g/mol. The van der Waals surface area contributed by atoms with Crippen LogP contribution in [0.15, 0.2) is 54.6 Å². The van der Waals surface area contributed by atoms with Crippen LogP contribution in [0.4, 0.5) is 5.69 Å². The molecule has 1 atom stereocenters. The summed E-state index contributed by atoms with van der Waals surface area (Å²) < 4.78 is 0. The monoisotopic (exact) mass is 310 g/mol. The van der Waals surface area contributed by atoms with Gasteiger partial charge in [-0.2, -0.15) is 0 Å². The van der Waals surface area contributed by atoms with Crippen molar-refractivity contribution >= 4 is 11.6 Å². The van der Waals surface area contributed by atoms with E-state index in [2.05, 4.69) is 30.4 Å². The molecule has 0 aliphatic carbocycles. The van der Waals surface area contributed by atoms with E-state index in [0.717, 1.165) is 5.69 Å². The van der Waals surface area contributed by atoms with Crippen molar-refractivity contribution in [2.45, 2.75) is 33.2 Å². The van der Waals surface area contributed by atoms with E-state index >= 15 is 0 Å². The molecule has 0 heterocycles. The molecule has 0 bridgehead atoms. The molecular weight excluding hydrogens is 284 g/mol. The Morgan fingerprint density at radius 1 is 1.13 bits per heavy atom. The molecule has 3 heteroatoms. The first-order valence-electron chi connectivity index (χ1n) is 8.27. The number of amides is 1. The minimum Gasteiger partial charge on any atom is -0.313 e. The average Bonchev–Trinajstić information content (AvgIpc) is 2.56. The maximum atomic E-state index is 12.5. The normalized spacial score (nSPS) is 12.0. The number of anilines is 1. The lowest BCUT2D eigenvalue weighted by atomic mass is 10.1. The molecule has 0 aromatic heterocycles. The Balaban J connectivity index is 1.88. The summed E-state index contributed by atoms with van der Waals surface area (Å²) in [6.45, 7) is 7.55. The molecular formula is C20H26N2O. The van der Waals surface area contributed by atoms with Crippen LogP contribution in [-0.2, 0) is 4.79 Å². The van der Waals surface area contributed by atoms with Gasteiger partial charge in [-0.15, -0.1) is 0 Å². The van der Waals surface area contributed by atoms with E-state index < -0.39 is 0 Å². The molecule has 0 radical (unpaired) electrons. The van der Waals surface area contributed by atoms with E-state index in [9.17, 15) is 4.79 Å². The summed E-state index contributed by atoms with van der Waals surface area (Å²) in [5.74, 6) is 0.158. The Kier molecular flexibility index (Phi) is 6.36. The van der Waals surface area contributed by atoms with Crippen LogP contribution >= 0.6 is 0 Å². The van der Waals surface area contributed by atoms with Crippen LogP contribution in [-0.4, -0.2) is 19.0 Å². The van der Waals surface area contributed by atoms with Gasteiger partial charge in [-0.1, -0.05) is 42.5 Å². The van der Waals surface area contributed by atoms with E-state index in [-0.39, 0.29) is 11.9 Å². The van der Waals surface area contributed by atoms with E-state index in [1.807, 2.05) is 55.1 Å². The molecule has 1 N–H and O–H groups in total. The van der Waals surface area contributed by atoms with Gasteiger partial charge in [-0.25, -0.2) is 0 Å². The molecule has 3 nitrogen and oxygen atoms in total.